The quantitative estimate of drug-likeness (QED) is 0.491. The average Bonchev–Trinajstić information content (AvgIpc) is 2.82. The first-order chi connectivity index (χ1) is 16.0. The molecule has 9 heteroatoms. The Morgan fingerprint density at radius 1 is 1.09 bits per heavy atom. The molecule has 3 aromatic rings. The lowest BCUT2D eigenvalue weighted by molar-refractivity contribution is 0.0527. The zero-order chi connectivity index (χ0) is 23.2. The minimum absolute atomic E-state index is 0.294. The monoisotopic (exact) mass is 466 g/mol. The van der Waals surface area contributed by atoms with Crippen LogP contribution in [0.5, 0.6) is 0 Å². The van der Waals surface area contributed by atoms with Gasteiger partial charge in [-0.15, -0.1) is 0 Å². The summed E-state index contributed by atoms with van der Waals surface area (Å²) < 4.78 is 5.14. The van der Waals surface area contributed by atoms with Crippen LogP contribution in [0.1, 0.15) is 17.3 Å². The Kier molecular flexibility index (Phi) is 7.26. The Balaban J connectivity index is 1.52. The fraction of sp³-hybridized carbons (Fsp3) is 0.292. The number of halogens is 1. The smallest absolute Gasteiger partial charge is 0.340 e. The number of nitrogens with one attached hydrogen (secondary N) is 2. The Hall–Kier alpha value is -3.36. The lowest BCUT2D eigenvalue weighted by Gasteiger charge is -2.34. The van der Waals surface area contributed by atoms with E-state index >= 15 is 0 Å². The van der Waals surface area contributed by atoms with Crippen LogP contribution >= 0.6 is 11.6 Å². The molecule has 1 saturated heterocycles. The molecule has 1 aromatic heterocycles. The van der Waals surface area contributed by atoms with Gasteiger partial charge in [-0.25, -0.2) is 9.78 Å². The molecule has 1 fully saturated rings. The first kappa shape index (κ1) is 22.8. The molecule has 0 aliphatic carbocycles. The predicted molar refractivity (Wildman–Crippen MR) is 132 cm³/mol. The maximum absolute atomic E-state index is 12.3. The summed E-state index contributed by atoms with van der Waals surface area (Å²) in [6, 6.07) is 15.3. The van der Waals surface area contributed by atoms with Crippen LogP contribution in [0.4, 0.5) is 28.8 Å². The van der Waals surface area contributed by atoms with E-state index in [-0.39, 0.29) is 0 Å². The number of esters is 1. The first-order valence-corrected chi connectivity index (χ1v) is 11.3. The molecule has 0 radical (unpaired) electrons. The molecule has 0 spiro atoms. The normalized spacial score (nSPS) is 14.1. The predicted octanol–water partition coefficient (Wildman–Crippen LogP) is 4.55. The molecular weight excluding hydrogens is 440 g/mol. The molecular formula is C24H27ClN6O2. The molecule has 0 bridgehead atoms. The van der Waals surface area contributed by atoms with E-state index in [9.17, 15) is 4.79 Å². The highest BCUT2D eigenvalue weighted by molar-refractivity contribution is 6.33. The number of ether oxygens (including phenoxy) is 1. The summed E-state index contributed by atoms with van der Waals surface area (Å²) in [6.07, 6.45) is 1.52. The van der Waals surface area contributed by atoms with Gasteiger partial charge in [0.1, 0.15) is 5.02 Å². The van der Waals surface area contributed by atoms with Crippen LogP contribution in [-0.4, -0.2) is 60.7 Å². The summed E-state index contributed by atoms with van der Waals surface area (Å²) in [7, 11) is 2.14. The van der Waals surface area contributed by atoms with Crippen molar-refractivity contribution in [2.24, 2.45) is 0 Å². The summed E-state index contributed by atoms with van der Waals surface area (Å²) in [5, 5.41) is 6.73. The number of carbonyl (C=O) groups excluding carboxylic acids is 1. The third kappa shape index (κ3) is 5.71. The third-order valence-corrected chi connectivity index (χ3v) is 5.67. The van der Waals surface area contributed by atoms with Crippen LogP contribution in [0.2, 0.25) is 5.02 Å². The number of aromatic nitrogens is 2. The van der Waals surface area contributed by atoms with Crippen molar-refractivity contribution >= 4 is 46.4 Å². The van der Waals surface area contributed by atoms with Crippen molar-refractivity contribution in [3.8, 4) is 0 Å². The zero-order valence-corrected chi connectivity index (χ0v) is 19.5. The van der Waals surface area contributed by atoms with Crippen molar-refractivity contribution in [2.75, 3.05) is 55.4 Å². The summed E-state index contributed by atoms with van der Waals surface area (Å²) in [5.74, 6) is 0.372. The van der Waals surface area contributed by atoms with Crippen LogP contribution in [0.25, 0.3) is 0 Å². The van der Waals surface area contributed by atoms with E-state index in [0.717, 1.165) is 37.6 Å². The summed E-state index contributed by atoms with van der Waals surface area (Å²) in [5.41, 5.74) is 3.00. The number of hydrogen-bond acceptors (Lipinski definition) is 8. The fourth-order valence-electron chi connectivity index (χ4n) is 3.60. The SMILES string of the molecule is CCOC(=O)c1ccccc1Nc1nc(Nc2cccc(N3CCN(C)CC3)c2)ncc1Cl. The molecule has 2 heterocycles. The highest BCUT2D eigenvalue weighted by atomic mass is 35.5. The summed E-state index contributed by atoms with van der Waals surface area (Å²) in [6.45, 7) is 6.13. The molecule has 8 nitrogen and oxygen atoms in total. The Morgan fingerprint density at radius 2 is 1.88 bits per heavy atom. The van der Waals surface area contributed by atoms with Gasteiger partial charge in [-0.1, -0.05) is 29.8 Å². The van der Waals surface area contributed by atoms with Gasteiger partial charge in [0.15, 0.2) is 5.82 Å². The number of benzene rings is 2. The number of para-hydroxylation sites is 1. The minimum Gasteiger partial charge on any atom is -0.462 e. The van der Waals surface area contributed by atoms with Crippen LogP contribution in [0, 0.1) is 0 Å². The van der Waals surface area contributed by atoms with Crippen molar-refractivity contribution < 1.29 is 9.53 Å². The maximum atomic E-state index is 12.3. The van der Waals surface area contributed by atoms with Gasteiger partial charge in [0.25, 0.3) is 0 Å². The van der Waals surface area contributed by atoms with Crippen molar-refractivity contribution in [3.05, 3.63) is 65.3 Å². The first-order valence-electron chi connectivity index (χ1n) is 10.9. The topological polar surface area (TPSA) is 82.6 Å². The second kappa shape index (κ2) is 10.5. The Labute approximate surface area is 198 Å². The van der Waals surface area contributed by atoms with Crippen LogP contribution in [0.3, 0.4) is 0 Å². The van der Waals surface area contributed by atoms with E-state index in [0.29, 0.717) is 34.6 Å². The van der Waals surface area contributed by atoms with Crippen molar-refractivity contribution in [1.29, 1.82) is 0 Å². The molecule has 0 saturated carbocycles. The van der Waals surface area contributed by atoms with Crippen molar-refractivity contribution in [1.82, 2.24) is 14.9 Å². The van der Waals surface area contributed by atoms with Gasteiger partial charge in [-0.05, 0) is 44.3 Å². The number of hydrogen-bond donors (Lipinski definition) is 2. The lowest BCUT2D eigenvalue weighted by atomic mass is 10.2. The van der Waals surface area contributed by atoms with Gasteiger partial charge in [0.05, 0.1) is 24.1 Å². The molecule has 4 rings (SSSR count). The van der Waals surface area contributed by atoms with E-state index < -0.39 is 5.97 Å². The average molecular weight is 467 g/mol. The van der Waals surface area contributed by atoms with Gasteiger partial charge in [-0.3, -0.25) is 0 Å². The Bertz CT molecular complexity index is 1120. The number of likely N-dealkylation sites (N-methyl/N-ethyl adjacent to an activating group) is 1. The number of piperazine rings is 1. The maximum Gasteiger partial charge on any atom is 0.340 e. The molecule has 0 atom stereocenters. The number of carbonyl (C=O) groups is 1. The number of nitrogens with zero attached hydrogens (tertiary/aromatic N) is 4. The van der Waals surface area contributed by atoms with Gasteiger partial charge in [0.2, 0.25) is 5.95 Å². The highest BCUT2D eigenvalue weighted by Gasteiger charge is 2.16. The van der Waals surface area contributed by atoms with Gasteiger partial charge in [0, 0.05) is 37.6 Å². The zero-order valence-electron chi connectivity index (χ0n) is 18.7. The van der Waals surface area contributed by atoms with Gasteiger partial charge < -0.3 is 25.2 Å². The summed E-state index contributed by atoms with van der Waals surface area (Å²) >= 11 is 6.34. The molecule has 33 heavy (non-hydrogen) atoms. The van der Waals surface area contributed by atoms with E-state index in [1.807, 2.05) is 18.2 Å². The highest BCUT2D eigenvalue weighted by Crippen LogP contribution is 2.28. The van der Waals surface area contributed by atoms with Crippen LogP contribution in [-0.2, 0) is 4.74 Å². The van der Waals surface area contributed by atoms with Crippen molar-refractivity contribution in [2.45, 2.75) is 6.92 Å². The summed E-state index contributed by atoms with van der Waals surface area (Å²) in [4.78, 5) is 25.8. The number of rotatable bonds is 7. The minimum atomic E-state index is -0.412. The molecule has 0 unspecified atom stereocenters. The lowest BCUT2D eigenvalue weighted by Crippen LogP contribution is -2.44. The van der Waals surface area contributed by atoms with E-state index in [2.05, 4.69) is 49.6 Å². The van der Waals surface area contributed by atoms with Crippen LogP contribution in [0.15, 0.2) is 54.7 Å². The van der Waals surface area contributed by atoms with Crippen molar-refractivity contribution in [3.63, 3.8) is 0 Å². The number of anilines is 5. The molecule has 1 aliphatic rings. The second-order valence-corrected chi connectivity index (χ2v) is 8.15. The molecule has 172 valence electrons. The van der Waals surface area contributed by atoms with Gasteiger partial charge >= 0.3 is 5.97 Å². The van der Waals surface area contributed by atoms with E-state index in [4.69, 9.17) is 16.3 Å². The van der Waals surface area contributed by atoms with Crippen LogP contribution < -0.4 is 15.5 Å². The van der Waals surface area contributed by atoms with E-state index in [1.54, 1.807) is 25.1 Å². The third-order valence-electron chi connectivity index (χ3n) is 5.39. The van der Waals surface area contributed by atoms with Gasteiger partial charge in [-0.2, -0.15) is 4.98 Å². The molecule has 2 N–H and O–H groups in total. The second-order valence-electron chi connectivity index (χ2n) is 7.75. The largest absolute Gasteiger partial charge is 0.462 e. The molecule has 2 aromatic carbocycles. The fourth-order valence-corrected chi connectivity index (χ4v) is 3.73. The standard InChI is InChI=1S/C24H27ClN6O2/c1-3-33-23(32)19-9-4-5-10-21(19)28-22-20(25)16-26-24(29-22)27-17-7-6-8-18(15-17)31-13-11-30(2)12-14-31/h4-10,15-16H,3,11-14H2,1-2H3,(H2,26,27,28,29). The van der Waals surface area contributed by atoms with E-state index in [1.165, 1.54) is 6.20 Å². The molecule has 1 aliphatic heterocycles. The molecule has 0 amide bonds. The Morgan fingerprint density at radius 3 is 2.67 bits per heavy atom.